The largest absolute Gasteiger partial charge is 0.350 e. The molecule has 2 amide bonds. The summed E-state index contributed by atoms with van der Waals surface area (Å²) in [5.74, 6) is -0.400. The van der Waals surface area contributed by atoms with E-state index in [1.807, 2.05) is 39.0 Å². The summed E-state index contributed by atoms with van der Waals surface area (Å²) in [6, 6.07) is 7.51. The van der Waals surface area contributed by atoms with Crippen molar-refractivity contribution >= 4 is 11.8 Å². The summed E-state index contributed by atoms with van der Waals surface area (Å²) in [5, 5.41) is 5.44. The van der Waals surface area contributed by atoms with Crippen LogP contribution in [0, 0.1) is 0 Å². The van der Waals surface area contributed by atoms with Crippen molar-refractivity contribution in [1.29, 1.82) is 0 Å². The summed E-state index contributed by atoms with van der Waals surface area (Å²) in [6.07, 6.45) is 1.99. The lowest BCUT2D eigenvalue weighted by Gasteiger charge is -2.20. The Morgan fingerprint density at radius 3 is 2.50 bits per heavy atom. The summed E-state index contributed by atoms with van der Waals surface area (Å²) >= 11 is 0. The number of hydrogen-bond donors (Lipinski definition) is 2. The van der Waals surface area contributed by atoms with Gasteiger partial charge in [-0.15, -0.1) is 0 Å². The van der Waals surface area contributed by atoms with Crippen LogP contribution in [0.1, 0.15) is 50.0 Å². The van der Waals surface area contributed by atoms with Crippen LogP contribution in [0.4, 0.5) is 0 Å². The number of hydrogen-bond acceptors (Lipinski definition) is 2. The molecule has 0 aliphatic heterocycles. The topological polar surface area (TPSA) is 58.2 Å². The Labute approximate surface area is 121 Å². The van der Waals surface area contributed by atoms with E-state index in [4.69, 9.17) is 0 Å². The van der Waals surface area contributed by atoms with Crippen LogP contribution in [0.3, 0.4) is 0 Å². The van der Waals surface area contributed by atoms with Gasteiger partial charge >= 0.3 is 0 Å². The van der Waals surface area contributed by atoms with E-state index in [2.05, 4.69) is 17.6 Å². The summed E-state index contributed by atoms with van der Waals surface area (Å²) in [4.78, 5) is 23.6. The number of benzene rings is 1. The quantitative estimate of drug-likeness (QED) is 0.867. The van der Waals surface area contributed by atoms with E-state index in [9.17, 15) is 9.59 Å². The lowest BCUT2D eigenvalue weighted by Crippen LogP contribution is -2.45. The van der Waals surface area contributed by atoms with Gasteiger partial charge in [-0.3, -0.25) is 9.59 Å². The highest BCUT2D eigenvalue weighted by Crippen LogP contribution is 2.07. The molecule has 110 valence electrons. The molecule has 0 aromatic heterocycles. The van der Waals surface area contributed by atoms with Gasteiger partial charge < -0.3 is 10.6 Å². The maximum Gasteiger partial charge on any atom is 0.251 e. The van der Waals surface area contributed by atoms with Gasteiger partial charge in [-0.05, 0) is 44.9 Å². The highest BCUT2D eigenvalue weighted by Gasteiger charge is 2.14. The first kappa shape index (κ1) is 16.2. The molecule has 20 heavy (non-hydrogen) atoms. The minimum atomic E-state index is -0.289. The van der Waals surface area contributed by atoms with Gasteiger partial charge in [0.2, 0.25) is 5.91 Å². The van der Waals surface area contributed by atoms with Crippen molar-refractivity contribution < 1.29 is 9.59 Å². The number of aryl methyl sites for hydroxylation is 1. The maximum atomic E-state index is 12.0. The molecular weight excluding hydrogens is 252 g/mol. The van der Waals surface area contributed by atoms with Crippen LogP contribution in [-0.4, -0.2) is 23.9 Å². The third-order valence-electron chi connectivity index (χ3n) is 2.65. The lowest BCUT2D eigenvalue weighted by atomic mass is 10.1. The van der Waals surface area contributed by atoms with Crippen LogP contribution in [0.5, 0.6) is 0 Å². The Morgan fingerprint density at radius 2 is 1.90 bits per heavy atom. The molecule has 4 nitrogen and oxygen atoms in total. The molecule has 0 spiro atoms. The molecule has 0 radical (unpaired) electrons. The zero-order valence-corrected chi connectivity index (χ0v) is 12.7. The molecule has 0 fully saturated rings. The predicted octanol–water partition coefficient (Wildman–Crippen LogP) is 2.28. The summed E-state index contributed by atoms with van der Waals surface area (Å²) < 4.78 is 0. The first-order valence-electron chi connectivity index (χ1n) is 7.00. The third kappa shape index (κ3) is 5.87. The number of carbonyl (C=O) groups excluding carboxylic acids is 2. The molecular formula is C16H24N2O2. The van der Waals surface area contributed by atoms with E-state index in [0.717, 1.165) is 18.4 Å². The molecule has 2 N–H and O–H groups in total. The molecule has 0 unspecified atom stereocenters. The molecule has 4 heteroatoms. The van der Waals surface area contributed by atoms with Gasteiger partial charge in [0.15, 0.2) is 0 Å². The first-order valence-corrected chi connectivity index (χ1v) is 7.00. The standard InChI is InChI=1S/C16H24N2O2/c1-5-7-12-8-6-9-13(10-12)15(20)17-11-14(19)18-16(2,3)4/h6,8-10H,5,7,11H2,1-4H3,(H,17,20)(H,18,19). The van der Waals surface area contributed by atoms with Gasteiger partial charge in [-0.2, -0.15) is 0 Å². The van der Waals surface area contributed by atoms with Crippen molar-refractivity contribution in [3.8, 4) is 0 Å². The fourth-order valence-corrected chi connectivity index (χ4v) is 1.88. The van der Waals surface area contributed by atoms with E-state index in [1.54, 1.807) is 6.07 Å². The van der Waals surface area contributed by atoms with Crippen LogP contribution in [0.2, 0.25) is 0 Å². The molecule has 1 rings (SSSR count). The molecule has 1 aromatic carbocycles. The predicted molar refractivity (Wildman–Crippen MR) is 80.7 cm³/mol. The van der Waals surface area contributed by atoms with Gasteiger partial charge in [0.25, 0.3) is 5.91 Å². The highest BCUT2D eigenvalue weighted by atomic mass is 16.2. The summed E-state index contributed by atoms with van der Waals surface area (Å²) in [6.45, 7) is 7.81. The van der Waals surface area contributed by atoms with E-state index in [0.29, 0.717) is 5.56 Å². The summed E-state index contributed by atoms with van der Waals surface area (Å²) in [7, 11) is 0. The molecule has 1 aromatic rings. The summed E-state index contributed by atoms with van der Waals surface area (Å²) in [5.41, 5.74) is 1.45. The zero-order chi connectivity index (χ0) is 15.2. The second kappa shape index (κ2) is 7.08. The molecule has 0 bridgehead atoms. The van der Waals surface area contributed by atoms with Crippen LogP contribution < -0.4 is 10.6 Å². The van der Waals surface area contributed by atoms with E-state index >= 15 is 0 Å². The van der Waals surface area contributed by atoms with Crippen molar-refractivity contribution in [3.63, 3.8) is 0 Å². The monoisotopic (exact) mass is 276 g/mol. The Balaban J connectivity index is 2.54. The van der Waals surface area contributed by atoms with E-state index < -0.39 is 0 Å². The smallest absolute Gasteiger partial charge is 0.251 e. The van der Waals surface area contributed by atoms with Crippen LogP contribution in [0.15, 0.2) is 24.3 Å². The normalized spacial score (nSPS) is 11.0. The van der Waals surface area contributed by atoms with Crippen LogP contribution in [-0.2, 0) is 11.2 Å². The van der Waals surface area contributed by atoms with Crippen molar-refractivity contribution in [1.82, 2.24) is 10.6 Å². The van der Waals surface area contributed by atoms with Gasteiger partial charge in [0, 0.05) is 11.1 Å². The van der Waals surface area contributed by atoms with Gasteiger partial charge in [0.1, 0.15) is 0 Å². The number of carbonyl (C=O) groups is 2. The van der Waals surface area contributed by atoms with Crippen molar-refractivity contribution in [2.75, 3.05) is 6.54 Å². The Hall–Kier alpha value is -1.84. The van der Waals surface area contributed by atoms with Crippen molar-refractivity contribution in [2.24, 2.45) is 0 Å². The van der Waals surface area contributed by atoms with E-state index in [1.165, 1.54) is 0 Å². The second-order valence-corrected chi connectivity index (χ2v) is 5.93. The average molecular weight is 276 g/mol. The fraction of sp³-hybridized carbons (Fsp3) is 0.500. The molecule has 0 aliphatic rings. The number of amides is 2. The lowest BCUT2D eigenvalue weighted by molar-refractivity contribution is -0.121. The average Bonchev–Trinajstić information content (AvgIpc) is 2.34. The molecule has 0 saturated heterocycles. The Bertz CT molecular complexity index is 476. The second-order valence-electron chi connectivity index (χ2n) is 5.93. The molecule has 0 saturated carbocycles. The fourth-order valence-electron chi connectivity index (χ4n) is 1.88. The SMILES string of the molecule is CCCc1cccc(C(=O)NCC(=O)NC(C)(C)C)c1. The third-order valence-corrected chi connectivity index (χ3v) is 2.65. The minimum absolute atomic E-state index is 0.00584. The van der Waals surface area contributed by atoms with Gasteiger partial charge in [0.05, 0.1) is 6.54 Å². The Kier molecular flexibility index (Phi) is 5.74. The molecule has 0 atom stereocenters. The first-order chi connectivity index (χ1) is 9.31. The zero-order valence-electron chi connectivity index (χ0n) is 12.7. The van der Waals surface area contributed by atoms with Gasteiger partial charge in [-0.1, -0.05) is 25.5 Å². The van der Waals surface area contributed by atoms with Crippen molar-refractivity contribution in [3.05, 3.63) is 35.4 Å². The van der Waals surface area contributed by atoms with Crippen LogP contribution >= 0.6 is 0 Å². The number of nitrogens with one attached hydrogen (secondary N) is 2. The van der Waals surface area contributed by atoms with Gasteiger partial charge in [-0.25, -0.2) is 0 Å². The molecule has 0 aliphatic carbocycles. The molecule has 0 heterocycles. The number of rotatable bonds is 5. The maximum absolute atomic E-state index is 12.0. The highest BCUT2D eigenvalue weighted by molar-refractivity contribution is 5.96. The van der Waals surface area contributed by atoms with E-state index in [-0.39, 0.29) is 23.9 Å². The van der Waals surface area contributed by atoms with Crippen molar-refractivity contribution in [2.45, 2.75) is 46.1 Å². The minimum Gasteiger partial charge on any atom is -0.350 e. The Morgan fingerprint density at radius 1 is 1.20 bits per heavy atom. The van der Waals surface area contributed by atoms with Crippen LogP contribution in [0.25, 0.3) is 0 Å².